The fraction of sp³-hybridized carbons (Fsp3) is 0.667. The Hall–Kier alpha value is -0.380. The van der Waals surface area contributed by atoms with E-state index in [0.717, 1.165) is 19.0 Å². The lowest BCUT2D eigenvalue weighted by Gasteiger charge is -2.26. The van der Waals surface area contributed by atoms with Crippen LogP contribution >= 0.6 is 11.3 Å². The molecule has 84 valence electrons. The average molecular weight is 224 g/mol. The molecule has 1 fully saturated rings. The molecule has 1 aliphatic carbocycles. The summed E-state index contributed by atoms with van der Waals surface area (Å²) in [5, 5.41) is 0. The normalized spacial score (nSPS) is 18.4. The van der Waals surface area contributed by atoms with Crippen molar-refractivity contribution in [1.29, 1.82) is 0 Å². The SMILES string of the molecule is Cc1ccc(CN(C)C(CN)C2CC2)s1. The minimum Gasteiger partial charge on any atom is -0.329 e. The number of nitrogens with zero attached hydrogens (tertiary/aromatic N) is 1. The van der Waals surface area contributed by atoms with Gasteiger partial charge in [-0.1, -0.05) is 0 Å². The van der Waals surface area contributed by atoms with Gasteiger partial charge in [-0.25, -0.2) is 0 Å². The van der Waals surface area contributed by atoms with E-state index in [0.29, 0.717) is 6.04 Å². The second-order valence-corrected chi connectivity index (χ2v) is 5.94. The highest BCUT2D eigenvalue weighted by molar-refractivity contribution is 7.11. The van der Waals surface area contributed by atoms with E-state index in [2.05, 4.69) is 31.0 Å². The van der Waals surface area contributed by atoms with Crippen LogP contribution in [0.1, 0.15) is 22.6 Å². The number of aryl methyl sites for hydroxylation is 1. The predicted octanol–water partition coefficient (Wildman–Crippen LogP) is 2.23. The molecule has 2 N–H and O–H groups in total. The molecule has 1 unspecified atom stereocenters. The van der Waals surface area contributed by atoms with Crippen molar-refractivity contribution in [3.8, 4) is 0 Å². The van der Waals surface area contributed by atoms with Gasteiger partial charge in [-0.2, -0.15) is 0 Å². The smallest absolute Gasteiger partial charge is 0.0328 e. The summed E-state index contributed by atoms with van der Waals surface area (Å²) in [6.45, 7) is 4.01. The zero-order valence-corrected chi connectivity index (χ0v) is 10.4. The first-order valence-electron chi connectivity index (χ1n) is 5.66. The van der Waals surface area contributed by atoms with E-state index < -0.39 is 0 Å². The first-order valence-corrected chi connectivity index (χ1v) is 6.48. The Labute approximate surface area is 96.1 Å². The highest BCUT2D eigenvalue weighted by Crippen LogP contribution is 2.35. The number of likely N-dealkylation sites (N-methyl/N-ethyl adjacent to an activating group) is 1. The highest BCUT2D eigenvalue weighted by atomic mass is 32.1. The average Bonchev–Trinajstić information content (AvgIpc) is 2.93. The molecule has 2 nitrogen and oxygen atoms in total. The Morgan fingerprint density at radius 2 is 2.27 bits per heavy atom. The van der Waals surface area contributed by atoms with Crippen LogP contribution in [-0.2, 0) is 6.54 Å². The van der Waals surface area contributed by atoms with Crippen molar-refractivity contribution in [2.24, 2.45) is 11.7 Å². The van der Waals surface area contributed by atoms with Gasteiger partial charge in [-0.3, -0.25) is 4.90 Å². The molecule has 0 radical (unpaired) electrons. The molecule has 2 rings (SSSR count). The van der Waals surface area contributed by atoms with Crippen LogP contribution in [0.5, 0.6) is 0 Å². The van der Waals surface area contributed by atoms with Gasteiger partial charge in [0.05, 0.1) is 0 Å². The van der Waals surface area contributed by atoms with E-state index in [9.17, 15) is 0 Å². The van der Waals surface area contributed by atoms with Gasteiger partial charge in [0.2, 0.25) is 0 Å². The quantitative estimate of drug-likeness (QED) is 0.831. The summed E-state index contributed by atoms with van der Waals surface area (Å²) >= 11 is 1.89. The van der Waals surface area contributed by atoms with Crippen LogP contribution in [0.15, 0.2) is 12.1 Å². The number of rotatable bonds is 5. The fourth-order valence-corrected chi connectivity index (χ4v) is 3.10. The molecule has 1 aromatic heterocycles. The molecular weight excluding hydrogens is 204 g/mol. The van der Waals surface area contributed by atoms with Gasteiger partial charge < -0.3 is 5.73 Å². The standard InChI is InChI=1S/C12H20N2S/c1-9-3-6-11(15-9)8-14(2)12(7-13)10-4-5-10/h3,6,10,12H,4-5,7-8,13H2,1-2H3. The van der Waals surface area contributed by atoms with Crippen molar-refractivity contribution < 1.29 is 0 Å². The van der Waals surface area contributed by atoms with Gasteiger partial charge in [-0.15, -0.1) is 11.3 Å². The number of hydrogen-bond donors (Lipinski definition) is 1. The Morgan fingerprint density at radius 3 is 2.73 bits per heavy atom. The van der Waals surface area contributed by atoms with Crippen LogP contribution in [0, 0.1) is 12.8 Å². The molecule has 1 heterocycles. The van der Waals surface area contributed by atoms with E-state index in [4.69, 9.17) is 5.73 Å². The van der Waals surface area contributed by atoms with E-state index in [1.54, 1.807) is 0 Å². The van der Waals surface area contributed by atoms with Crippen LogP contribution in [-0.4, -0.2) is 24.5 Å². The molecule has 0 aromatic carbocycles. The van der Waals surface area contributed by atoms with Gasteiger partial charge in [0.15, 0.2) is 0 Å². The number of hydrogen-bond acceptors (Lipinski definition) is 3. The van der Waals surface area contributed by atoms with Gasteiger partial charge in [0.1, 0.15) is 0 Å². The number of thiophene rings is 1. The second kappa shape index (κ2) is 4.64. The lowest BCUT2D eigenvalue weighted by molar-refractivity contribution is 0.217. The molecule has 0 spiro atoms. The zero-order valence-electron chi connectivity index (χ0n) is 9.57. The molecule has 0 saturated heterocycles. The van der Waals surface area contributed by atoms with E-state index >= 15 is 0 Å². The largest absolute Gasteiger partial charge is 0.329 e. The van der Waals surface area contributed by atoms with E-state index in [-0.39, 0.29) is 0 Å². The van der Waals surface area contributed by atoms with Crippen LogP contribution in [0.2, 0.25) is 0 Å². The Kier molecular flexibility index (Phi) is 3.44. The summed E-state index contributed by atoms with van der Waals surface area (Å²) in [4.78, 5) is 5.27. The molecule has 15 heavy (non-hydrogen) atoms. The first kappa shape index (κ1) is 11.1. The summed E-state index contributed by atoms with van der Waals surface area (Å²) in [5.74, 6) is 0.862. The molecule has 1 saturated carbocycles. The second-order valence-electron chi connectivity index (χ2n) is 4.57. The molecule has 1 aromatic rings. The summed E-state index contributed by atoms with van der Waals surface area (Å²) in [7, 11) is 2.20. The maximum Gasteiger partial charge on any atom is 0.0328 e. The Bertz CT molecular complexity index is 317. The summed E-state index contributed by atoms with van der Waals surface area (Å²) in [6.07, 6.45) is 2.74. The maximum atomic E-state index is 5.84. The highest BCUT2D eigenvalue weighted by Gasteiger charge is 2.32. The third kappa shape index (κ3) is 2.80. The predicted molar refractivity (Wildman–Crippen MR) is 66.1 cm³/mol. The van der Waals surface area contributed by atoms with Crippen LogP contribution in [0.4, 0.5) is 0 Å². The Morgan fingerprint density at radius 1 is 1.53 bits per heavy atom. The van der Waals surface area contributed by atoms with Gasteiger partial charge >= 0.3 is 0 Å². The number of nitrogens with two attached hydrogens (primary N) is 1. The summed E-state index contributed by atoms with van der Waals surface area (Å²) in [6, 6.07) is 5.02. The molecule has 0 aliphatic heterocycles. The molecule has 3 heteroatoms. The summed E-state index contributed by atoms with van der Waals surface area (Å²) < 4.78 is 0. The summed E-state index contributed by atoms with van der Waals surface area (Å²) in [5.41, 5.74) is 5.84. The van der Waals surface area contributed by atoms with Crippen molar-refractivity contribution in [2.75, 3.05) is 13.6 Å². The van der Waals surface area contributed by atoms with E-state index in [1.807, 2.05) is 11.3 Å². The molecule has 1 aliphatic rings. The third-order valence-corrected chi connectivity index (χ3v) is 4.16. The minimum atomic E-state index is 0.590. The van der Waals surface area contributed by atoms with Crippen molar-refractivity contribution in [3.05, 3.63) is 21.9 Å². The van der Waals surface area contributed by atoms with E-state index in [1.165, 1.54) is 22.6 Å². The van der Waals surface area contributed by atoms with Crippen molar-refractivity contribution in [2.45, 2.75) is 32.4 Å². The van der Waals surface area contributed by atoms with Gasteiger partial charge in [0, 0.05) is 28.9 Å². The van der Waals surface area contributed by atoms with Crippen LogP contribution in [0.3, 0.4) is 0 Å². The zero-order chi connectivity index (χ0) is 10.8. The maximum absolute atomic E-state index is 5.84. The van der Waals surface area contributed by atoms with Gasteiger partial charge in [0.25, 0.3) is 0 Å². The molecule has 0 amide bonds. The molecular formula is C12H20N2S. The Balaban J connectivity index is 1.92. The van der Waals surface area contributed by atoms with Crippen LogP contribution in [0.25, 0.3) is 0 Å². The first-order chi connectivity index (χ1) is 7.20. The van der Waals surface area contributed by atoms with Crippen molar-refractivity contribution in [3.63, 3.8) is 0 Å². The third-order valence-electron chi connectivity index (χ3n) is 3.18. The molecule has 1 atom stereocenters. The lowest BCUT2D eigenvalue weighted by atomic mass is 10.1. The minimum absolute atomic E-state index is 0.590. The van der Waals surface area contributed by atoms with Crippen LogP contribution < -0.4 is 5.73 Å². The van der Waals surface area contributed by atoms with Gasteiger partial charge in [-0.05, 0) is 44.9 Å². The van der Waals surface area contributed by atoms with Crippen molar-refractivity contribution >= 4 is 11.3 Å². The lowest BCUT2D eigenvalue weighted by Crippen LogP contribution is -2.38. The fourth-order valence-electron chi connectivity index (χ4n) is 2.15. The molecule has 0 bridgehead atoms. The topological polar surface area (TPSA) is 29.3 Å². The van der Waals surface area contributed by atoms with Crippen molar-refractivity contribution in [1.82, 2.24) is 4.90 Å². The monoisotopic (exact) mass is 224 g/mol.